The summed E-state index contributed by atoms with van der Waals surface area (Å²) in [6.45, 7) is 0. The number of carbonyl (C=O) groups excluding carboxylic acids is 1. The fourth-order valence-electron chi connectivity index (χ4n) is 1.40. The number of esters is 1. The Morgan fingerprint density at radius 2 is 2.00 bits per heavy atom. The van der Waals surface area contributed by atoms with Crippen molar-refractivity contribution in [3.05, 3.63) is 48.3 Å². The van der Waals surface area contributed by atoms with E-state index in [1.165, 1.54) is 19.4 Å². The van der Waals surface area contributed by atoms with Crippen LogP contribution in [0.25, 0.3) is 11.1 Å². The molecule has 0 bridgehead atoms. The summed E-state index contributed by atoms with van der Waals surface area (Å²) in [5, 5.41) is 0. The smallest absolute Gasteiger partial charge is 0.342 e. The molecule has 0 saturated carbocycles. The van der Waals surface area contributed by atoms with Crippen LogP contribution in [-0.2, 0) is 4.74 Å². The third-order valence-corrected chi connectivity index (χ3v) is 2.26. The molecule has 0 spiro atoms. The molecule has 0 radical (unpaired) electrons. The number of nitrogens with zero attached hydrogens (tertiary/aromatic N) is 2. The standard InChI is InChI=1S/C12H9FN2O2/c1-17-12(16)10-6-9(7-15-11(10)13)8-2-4-14-5-3-8/h2-7H,1H3. The molecule has 4 nitrogen and oxygen atoms in total. The Hall–Kier alpha value is -2.30. The predicted molar refractivity (Wildman–Crippen MR) is 58.8 cm³/mol. The van der Waals surface area contributed by atoms with Gasteiger partial charge in [0.25, 0.3) is 0 Å². The molecule has 2 rings (SSSR count). The minimum Gasteiger partial charge on any atom is -0.465 e. The van der Waals surface area contributed by atoms with E-state index in [4.69, 9.17) is 0 Å². The third-order valence-electron chi connectivity index (χ3n) is 2.26. The summed E-state index contributed by atoms with van der Waals surface area (Å²) >= 11 is 0. The van der Waals surface area contributed by atoms with Crippen molar-refractivity contribution in [1.29, 1.82) is 0 Å². The quantitative estimate of drug-likeness (QED) is 0.587. The highest BCUT2D eigenvalue weighted by molar-refractivity contribution is 5.90. The van der Waals surface area contributed by atoms with E-state index in [1.807, 2.05) is 0 Å². The van der Waals surface area contributed by atoms with Gasteiger partial charge in [0.15, 0.2) is 0 Å². The molecular formula is C12H9FN2O2. The molecule has 0 saturated heterocycles. The van der Waals surface area contributed by atoms with Crippen LogP contribution in [0.1, 0.15) is 10.4 Å². The van der Waals surface area contributed by atoms with Gasteiger partial charge in [-0.2, -0.15) is 4.39 Å². The van der Waals surface area contributed by atoms with Crippen LogP contribution in [0.4, 0.5) is 4.39 Å². The topological polar surface area (TPSA) is 52.1 Å². The van der Waals surface area contributed by atoms with Crippen molar-refractivity contribution in [3.8, 4) is 11.1 Å². The second kappa shape index (κ2) is 4.69. The lowest BCUT2D eigenvalue weighted by atomic mass is 10.1. The highest BCUT2D eigenvalue weighted by atomic mass is 19.1. The van der Waals surface area contributed by atoms with Gasteiger partial charge in [0.2, 0.25) is 5.95 Å². The first-order valence-corrected chi connectivity index (χ1v) is 4.86. The maximum Gasteiger partial charge on any atom is 0.342 e. The Labute approximate surface area is 97.1 Å². The van der Waals surface area contributed by atoms with Gasteiger partial charge >= 0.3 is 5.97 Å². The van der Waals surface area contributed by atoms with Gasteiger partial charge in [0.05, 0.1) is 7.11 Å². The van der Waals surface area contributed by atoms with Gasteiger partial charge in [-0.3, -0.25) is 4.98 Å². The molecule has 2 aromatic heterocycles. The number of hydrogen-bond acceptors (Lipinski definition) is 4. The zero-order chi connectivity index (χ0) is 12.3. The minimum atomic E-state index is -0.838. The van der Waals surface area contributed by atoms with E-state index in [2.05, 4.69) is 14.7 Å². The van der Waals surface area contributed by atoms with Crippen molar-refractivity contribution < 1.29 is 13.9 Å². The summed E-state index contributed by atoms with van der Waals surface area (Å²) in [5.74, 6) is -1.58. The molecule has 0 amide bonds. The lowest BCUT2D eigenvalue weighted by Gasteiger charge is -2.04. The molecular weight excluding hydrogens is 223 g/mol. The third kappa shape index (κ3) is 2.28. The van der Waals surface area contributed by atoms with E-state index in [1.54, 1.807) is 24.5 Å². The highest BCUT2D eigenvalue weighted by Gasteiger charge is 2.14. The van der Waals surface area contributed by atoms with Gasteiger partial charge < -0.3 is 4.74 Å². The average molecular weight is 232 g/mol. The van der Waals surface area contributed by atoms with Crippen LogP contribution in [0, 0.1) is 5.95 Å². The maximum atomic E-state index is 13.3. The second-order valence-corrected chi connectivity index (χ2v) is 3.29. The first-order valence-electron chi connectivity index (χ1n) is 4.86. The molecule has 0 aliphatic rings. The summed E-state index contributed by atoms with van der Waals surface area (Å²) in [5.41, 5.74) is 1.26. The van der Waals surface area contributed by atoms with Gasteiger partial charge in [0, 0.05) is 24.2 Å². The van der Waals surface area contributed by atoms with Crippen LogP contribution < -0.4 is 0 Å². The number of pyridine rings is 2. The molecule has 0 N–H and O–H groups in total. The van der Waals surface area contributed by atoms with Gasteiger partial charge in [-0.1, -0.05) is 0 Å². The fourth-order valence-corrected chi connectivity index (χ4v) is 1.40. The molecule has 0 aliphatic heterocycles. The molecule has 0 aliphatic carbocycles. The summed E-state index contributed by atoms with van der Waals surface area (Å²) < 4.78 is 17.8. The van der Waals surface area contributed by atoms with Crippen LogP contribution in [0.15, 0.2) is 36.8 Å². The van der Waals surface area contributed by atoms with Gasteiger partial charge in [0.1, 0.15) is 5.56 Å². The number of hydrogen-bond donors (Lipinski definition) is 0. The first kappa shape index (κ1) is 11.2. The first-order chi connectivity index (χ1) is 8.22. The Balaban J connectivity index is 2.48. The van der Waals surface area contributed by atoms with Gasteiger partial charge in [-0.15, -0.1) is 0 Å². The monoisotopic (exact) mass is 232 g/mol. The summed E-state index contributed by atoms with van der Waals surface area (Å²) in [4.78, 5) is 18.7. The molecule has 0 unspecified atom stereocenters. The summed E-state index contributed by atoms with van der Waals surface area (Å²) in [6.07, 6.45) is 4.57. The largest absolute Gasteiger partial charge is 0.465 e. The molecule has 2 aromatic rings. The van der Waals surface area contributed by atoms with Crippen molar-refractivity contribution in [3.63, 3.8) is 0 Å². The summed E-state index contributed by atoms with van der Waals surface area (Å²) in [6, 6.07) is 4.90. The van der Waals surface area contributed by atoms with Crippen LogP contribution in [0.3, 0.4) is 0 Å². The number of halogens is 1. The Kier molecular flexibility index (Phi) is 3.09. The molecule has 0 atom stereocenters. The normalized spacial score (nSPS) is 10.0. The van der Waals surface area contributed by atoms with E-state index >= 15 is 0 Å². The summed E-state index contributed by atoms with van der Waals surface area (Å²) in [7, 11) is 1.20. The molecule has 0 fully saturated rings. The van der Waals surface area contributed by atoms with E-state index in [0.29, 0.717) is 5.56 Å². The average Bonchev–Trinajstić information content (AvgIpc) is 2.39. The Bertz CT molecular complexity index is 543. The van der Waals surface area contributed by atoms with E-state index in [0.717, 1.165) is 5.56 Å². The van der Waals surface area contributed by atoms with Crippen LogP contribution in [0.5, 0.6) is 0 Å². The van der Waals surface area contributed by atoms with Crippen molar-refractivity contribution in [2.75, 3.05) is 7.11 Å². The SMILES string of the molecule is COC(=O)c1cc(-c2ccncc2)cnc1F. The molecule has 2 heterocycles. The number of aromatic nitrogens is 2. The molecule has 17 heavy (non-hydrogen) atoms. The highest BCUT2D eigenvalue weighted by Crippen LogP contribution is 2.20. The van der Waals surface area contributed by atoms with E-state index in [-0.39, 0.29) is 5.56 Å². The van der Waals surface area contributed by atoms with Crippen molar-refractivity contribution in [1.82, 2.24) is 9.97 Å². The lowest BCUT2D eigenvalue weighted by molar-refractivity contribution is 0.0594. The predicted octanol–water partition coefficient (Wildman–Crippen LogP) is 2.07. The zero-order valence-corrected chi connectivity index (χ0v) is 9.05. The second-order valence-electron chi connectivity index (χ2n) is 3.29. The number of methoxy groups -OCH3 is 1. The Morgan fingerprint density at radius 1 is 1.29 bits per heavy atom. The van der Waals surface area contributed by atoms with Gasteiger partial charge in [-0.05, 0) is 23.8 Å². The van der Waals surface area contributed by atoms with E-state index < -0.39 is 11.9 Å². The lowest BCUT2D eigenvalue weighted by Crippen LogP contribution is -2.06. The van der Waals surface area contributed by atoms with E-state index in [9.17, 15) is 9.18 Å². The van der Waals surface area contributed by atoms with Crippen molar-refractivity contribution >= 4 is 5.97 Å². The number of carbonyl (C=O) groups is 1. The molecule has 86 valence electrons. The number of ether oxygens (including phenoxy) is 1. The zero-order valence-electron chi connectivity index (χ0n) is 9.05. The number of rotatable bonds is 2. The van der Waals surface area contributed by atoms with Gasteiger partial charge in [-0.25, -0.2) is 9.78 Å². The Morgan fingerprint density at radius 3 is 2.65 bits per heavy atom. The van der Waals surface area contributed by atoms with Crippen LogP contribution in [0.2, 0.25) is 0 Å². The molecule has 5 heteroatoms. The molecule has 0 aromatic carbocycles. The minimum absolute atomic E-state index is 0.179. The fraction of sp³-hybridized carbons (Fsp3) is 0.0833. The maximum absolute atomic E-state index is 13.3. The van der Waals surface area contributed by atoms with Crippen LogP contribution in [-0.4, -0.2) is 23.0 Å². The van der Waals surface area contributed by atoms with Crippen LogP contribution >= 0.6 is 0 Å². The van der Waals surface area contributed by atoms with Crippen molar-refractivity contribution in [2.24, 2.45) is 0 Å². The van der Waals surface area contributed by atoms with Crippen molar-refractivity contribution in [2.45, 2.75) is 0 Å².